The zero-order valence-corrected chi connectivity index (χ0v) is 15.2. The number of aryl methyl sites for hydroxylation is 2. The summed E-state index contributed by atoms with van der Waals surface area (Å²) in [4.78, 5) is 25.0. The van der Waals surface area contributed by atoms with E-state index in [1.54, 1.807) is 6.07 Å². The van der Waals surface area contributed by atoms with Crippen molar-refractivity contribution in [3.8, 4) is 11.5 Å². The Hall–Kier alpha value is -2.99. The molecule has 0 aromatic heterocycles. The van der Waals surface area contributed by atoms with Gasteiger partial charge in [0.1, 0.15) is 5.57 Å². The summed E-state index contributed by atoms with van der Waals surface area (Å²) in [6, 6.07) is 8.43. The zero-order valence-electron chi connectivity index (χ0n) is 14.5. The lowest BCUT2D eigenvalue weighted by Crippen LogP contribution is -2.35. The van der Waals surface area contributed by atoms with E-state index >= 15 is 0 Å². The van der Waals surface area contributed by atoms with Crippen LogP contribution >= 0.6 is 11.6 Å². The van der Waals surface area contributed by atoms with E-state index in [0.29, 0.717) is 11.3 Å². The van der Waals surface area contributed by atoms with Crippen LogP contribution in [0.4, 0.5) is 5.69 Å². The summed E-state index contributed by atoms with van der Waals surface area (Å²) < 4.78 is 5.04. The van der Waals surface area contributed by atoms with Crippen molar-refractivity contribution >= 4 is 35.2 Å². The van der Waals surface area contributed by atoms with Gasteiger partial charge in [-0.3, -0.25) is 15.0 Å². The number of carbonyl (C=O) groups excluding carboxylic acids is 2. The van der Waals surface area contributed by atoms with Crippen LogP contribution in [0.1, 0.15) is 16.7 Å². The minimum absolute atomic E-state index is 0.0352. The summed E-state index contributed by atoms with van der Waals surface area (Å²) in [6.45, 7) is 3.90. The highest BCUT2D eigenvalue weighted by Crippen LogP contribution is 2.36. The average Bonchev–Trinajstić information content (AvgIpc) is 2.88. The number of nitrogens with zero attached hydrogens (tertiary/aromatic N) is 1. The number of benzene rings is 2. The van der Waals surface area contributed by atoms with Gasteiger partial charge in [-0.05, 0) is 60.9 Å². The van der Waals surface area contributed by atoms with Crippen LogP contribution in [0.3, 0.4) is 0 Å². The van der Waals surface area contributed by atoms with E-state index in [2.05, 4.69) is 5.43 Å². The standard InChI is InChI=1S/C19H17ClN2O4/c1-10-4-5-13(6-11(10)2)22-19(25)14(18(24)21-22)7-12-8-15(20)17(23)16(9-12)26-3/h4-9,23H,1-3H3,(H,21,24)/b14-7+. The Morgan fingerprint density at radius 2 is 1.88 bits per heavy atom. The number of halogens is 1. The van der Waals surface area contributed by atoms with E-state index in [-0.39, 0.29) is 22.1 Å². The van der Waals surface area contributed by atoms with Crippen molar-refractivity contribution in [3.05, 3.63) is 57.6 Å². The van der Waals surface area contributed by atoms with E-state index in [0.717, 1.165) is 11.1 Å². The van der Waals surface area contributed by atoms with E-state index in [4.69, 9.17) is 16.3 Å². The summed E-state index contributed by atoms with van der Waals surface area (Å²) in [5.41, 5.74) is 5.66. The van der Waals surface area contributed by atoms with Crippen LogP contribution in [0.25, 0.3) is 6.08 Å². The first-order chi connectivity index (χ1) is 12.3. The highest BCUT2D eigenvalue weighted by molar-refractivity contribution is 6.33. The van der Waals surface area contributed by atoms with Crippen molar-refractivity contribution in [2.24, 2.45) is 0 Å². The van der Waals surface area contributed by atoms with Gasteiger partial charge in [0.15, 0.2) is 11.5 Å². The number of hydrogen-bond acceptors (Lipinski definition) is 4. The summed E-state index contributed by atoms with van der Waals surface area (Å²) in [6.07, 6.45) is 1.41. The predicted octanol–water partition coefficient (Wildman–Crippen LogP) is 3.13. The molecule has 0 spiro atoms. The van der Waals surface area contributed by atoms with E-state index in [1.807, 2.05) is 26.0 Å². The molecular weight excluding hydrogens is 356 g/mol. The molecule has 1 saturated heterocycles. The Labute approximate surface area is 155 Å². The number of rotatable bonds is 3. The fourth-order valence-corrected chi connectivity index (χ4v) is 2.82. The number of amides is 2. The van der Waals surface area contributed by atoms with Gasteiger partial charge in [-0.15, -0.1) is 0 Å². The predicted molar refractivity (Wildman–Crippen MR) is 99.2 cm³/mol. The van der Waals surface area contributed by atoms with Gasteiger partial charge in [-0.25, -0.2) is 5.01 Å². The number of hydrazine groups is 1. The molecule has 0 aliphatic carbocycles. The molecule has 2 aromatic rings. The summed E-state index contributed by atoms with van der Waals surface area (Å²) >= 11 is 5.96. The van der Waals surface area contributed by atoms with E-state index in [1.165, 1.54) is 30.3 Å². The van der Waals surface area contributed by atoms with Crippen molar-refractivity contribution in [2.75, 3.05) is 12.1 Å². The molecule has 0 unspecified atom stereocenters. The molecule has 134 valence electrons. The third-order valence-corrected chi connectivity index (χ3v) is 4.51. The normalized spacial score (nSPS) is 15.5. The van der Waals surface area contributed by atoms with E-state index < -0.39 is 11.8 Å². The Morgan fingerprint density at radius 1 is 1.15 bits per heavy atom. The first-order valence-electron chi connectivity index (χ1n) is 7.82. The molecule has 3 rings (SSSR count). The SMILES string of the molecule is COc1cc(/C=C2\C(=O)NN(c3ccc(C)c(C)c3)C2=O)cc(Cl)c1O. The Kier molecular flexibility index (Phi) is 4.61. The Bertz CT molecular complexity index is 953. The average molecular weight is 373 g/mol. The molecule has 7 heteroatoms. The smallest absolute Gasteiger partial charge is 0.282 e. The lowest BCUT2D eigenvalue weighted by Gasteiger charge is -2.16. The monoisotopic (exact) mass is 372 g/mol. The first kappa shape index (κ1) is 17.8. The number of nitrogens with one attached hydrogen (secondary N) is 1. The number of phenols is 1. The molecule has 1 aliphatic heterocycles. The molecule has 1 aliphatic rings. The molecule has 0 bridgehead atoms. The number of ether oxygens (including phenoxy) is 1. The van der Waals surface area contributed by atoms with Crippen LogP contribution in [-0.4, -0.2) is 24.0 Å². The van der Waals surface area contributed by atoms with Gasteiger partial charge in [-0.1, -0.05) is 17.7 Å². The second kappa shape index (κ2) is 6.72. The molecule has 1 fully saturated rings. The van der Waals surface area contributed by atoms with Gasteiger partial charge in [0.25, 0.3) is 11.8 Å². The van der Waals surface area contributed by atoms with Crippen molar-refractivity contribution in [3.63, 3.8) is 0 Å². The molecule has 1 heterocycles. The third kappa shape index (κ3) is 3.11. The molecule has 0 radical (unpaired) electrons. The fraction of sp³-hybridized carbons (Fsp3) is 0.158. The highest BCUT2D eigenvalue weighted by atomic mass is 35.5. The molecule has 2 aromatic carbocycles. The highest BCUT2D eigenvalue weighted by Gasteiger charge is 2.34. The molecule has 2 amide bonds. The van der Waals surface area contributed by atoms with Crippen LogP contribution in [0.2, 0.25) is 5.02 Å². The minimum Gasteiger partial charge on any atom is -0.503 e. The summed E-state index contributed by atoms with van der Waals surface area (Å²) in [5, 5.41) is 11.1. The van der Waals surface area contributed by atoms with Crippen molar-refractivity contribution in [1.29, 1.82) is 0 Å². The van der Waals surface area contributed by atoms with Crippen molar-refractivity contribution < 1.29 is 19.4 Å². The van der Waals surface area contributed by atoms with Crippen LogP contribution in [0.15, 0.2) is 35.9 Å². The van der Waals surface area contributed by atoms with Crippen LogP contribution in [-0.2, 0) is 9.59 Å². The maximum atomic E-state index is 12.7. The van der Waals surface area contributed by atoms with Crippen LogP contribution in [0, 0.1) is 13.8 Å². The first-order valence-corrected chi connectivity index (χ1v) is 8.20. The number of phenolic OH excluding ortho intramolecular Hbond substituents is 1. The second-order valence-electron chi connectivity index (χ2n) is 5.96. The summed E-state index contributed by atoms with van der Waals surface area (Å²) in [7, 11) is 1.39. The van der Waals surface area contributed by atoms with Gasteiger partial charge >= 0.3 is 0 Å². The van der Waals surface area contributed by atoms with Gasteiger partial charge in [0.05, 0.1) is 17.8 Å². The largest absolute Gasteiger partial charge is 0.503 e. The van der Waals surface area contributed by atoms with Gasteiger partial charge < -0.3 is 9.84 Å². The maximum Gasteiger partial charge on any atom is 0.282 e. The molecule has 0 atom stereocenters. The maximum absolute atomic E-state index is 12.7. The number of anilines is 1. The fourth-order valence-electron chi connectivity index (χ4n) is 2.60. The lowest BCUT2D eigenvalue weighted by atomic mass is 10.1. The minimum atomic E-state index is -0.517. The molecule has 2 N–H and O–H groups in total. The quantitative estimate of drug-likeness (QED) is 0.641. The molecular formula is C19H17ClN2O4. The molecule has 0 saturated carbocycles. The number of hydrogen-bond donors (Lipinski definition) is 2. The molecule has 26 heavy (non-hydrogen) atoms. The van der Waals surface area contributed by atoms with Crippen molar-refractivity contribution in [1.82, 2.24) is 5.43 Å². The number of methoxy groups -OCH3 is 1. The summed E-state index contributed by atoms with van der Waals surface area (Å²) in [5.74, 6) is -1.03. The molecule has 6 nitrogen and oxygen atoms in total. The second-order valence-corrected chi connectivity index (χ2v) is 6.37. The van der Waals surface area contributed by atoms with Gasteiger partial charge in [0.2, 0.25) is 0 Å². The van der Waals surface area contributed by atoms with Gasteiger partial charge in [0, 0.05) is 0 Å². The van der Waals surface area contributed by atoms with Crippen LogP contribution in [0.5, 0.6) is 11.5 Å². The van der Waals surface area contributed by atoms with Crippen molar-refractivity contribution in [2.45, 2.75) is 13.8 Å². The number of aromatic hydroxyl groups is 1. The van der Waals surface area contributed by atoms with Gasteiger partial charge in [-0.2, -0.15) is 0 Å². The number of carbonyl (C=O) groups is 2. The third-order valence-electron chi connectivity index (χ3n) is 4.22. The van der Waals surface area contributed by atoms with E-state index in [9.17, 15) is 14.7 Å². The zero-order chi connectivity index (χ0) is 19.0. The van der Waals surface area contributed by atoms with Crippen LogP contribution < -0.4 is 15.2 Å². The Morgan fingerprint density at radius 3 is 2.54 bits per heavy atom. The lowest BCUT2D eigenvalue weighted by molar-refractivity contribution is -0.117. The topological polar surface area (TPSA) is 78.9 Å². The Balaban J connectivity index is 1.98.